The van der Waals surface area contributed by atoms with Crippen molar-refractivity contribution in [3.05, 3.63) is 47.4 Å². The molecule has 0 radical (unpaired) electrons. The second kappa shape index (κ2) is 6.95. The van der Waals surface area contributed by atoms with Crippen molar-refractivity contribution in [1.82, 2.24) is 14.7 Å². The van der Waals surface area contributed by atoms with Gasteiger partial charge in [0.25, 0.3) is 5.91 Å². The summed E-state index contributed by atoms with van der Waals surface area (Å²) in [5.74, 6) is -0.520. The molecule has 1 saturated heterocycles. The Hall–Kier alpha value is -2.42. The Balaban J connectivity index is 1.56. The molecule has 1 aromatic carbocycles. The Morgan fingerprint density at radius 1 is 1.22 bits per heavy atom. The van der Waals surface area contributed by atoms with Crippen LogP contribution in [0.25, 0.3) is 0 Å². The lowest BCUT2D eigenvalue weighted by Crippen LogP contribution is -2.34. The first kappa shape index (κ1) is 18.0. The summed E-state index contributed by atoms with van der Waals surface area (Å²) in [7, 11) is -3.57. The zero-order chi connectivity index (χ0) is 19.0. The lowest BCUT2D eigenvalue weighted by Gasteiger charge is -2.18. The SMILES string of the molecule is O=C(c1cc2n(n1)CCCO2)N1CCC(c2ccccc2F)S(=O)(=O)CC1. The minimum Gasteiger partial charge on any atom is -0.478 e. The maximum absolute atomic E-state index is 14.1. The summed E-state index contributed by atoms with van der Waals surface area (Å²) in [5.41, 5.74) is 0.409. The number of amides is 1. The van der Waals surface area contributed by atoms with Crippen LogP contribution in [0.1, 0.15) is 34.1 Å². The fourth-order valence-corrected chi connectivity index (χ4v) is 5.37. The molecule has 7 nitrogen and oxygen atoms in total. The summed E-state index contributed by atoms with van der Waals surface area (Å²) in [6, 6.07) is 7.50. The topological polar surface area (TPSA) is 81.5 Å². The third-order valence-corrected chi connectivity index (χ3v) is 7.11. The molecule has 2 aliphatic heterocycles. The number of sulfone groups is 1. The first-order chi connectivity index (χ1) is 13.0. The smallest absolute Gasteiger partial charge is 0.274 e. The largest absolute Gasteiger partial charge is 0.478 e. The van der Waals surface area contributed by atoms with Crippen LogP contribution in [-0.4, -0.2) is 54.5 Å². The van der Waals surface area contributed by atoms with E-state index in [0.717, 1.165) is 6.42 Å². The van der Waals surface area contributed by atoms with E-state index in [1.54, 1.807) is 16.8 Å². The van der Waals surface area contributed by atoms with Crippen LogP contribution in [0.15, 0.2) is 30.3 Å². The molecule has 1 aromatic heterocycles. The van der Waals surface area contributed by atoms with Crippen molar-refractivity contribution >= 4 is 15.7 Å². The highest BCUT2D eigenvalue weighted by Crippen LogP contribution is 2.31. The van der Waals surface area contributed by atoms with E-state index in [1.165, 1.54) is 23.1 Å². The van der Waals surface area contributed by atoms with Crippen molar-refractivity contribution in [3.8, 4) is 5.88 Å². The van der Waals surface area contributed by atoms with Gasteiger partial charge in [0.2, 0.25) is 5.88 Å². The van der Waals surface area contributed by atoms with E-state index in [2.05, 4.69) is 5.10 Å². The van der Waals surface area contributed by atoms with Crippen molar-refractivity contribution in [3.63, 3.8) is 0 Å². The molecular weight excluding hydrogens is 373 g/mol. The number of halogens is 1. The van der Waals surface area contributed by atoms with Gasteiger partial charge >= 0.3 is 0 Å². The van der Waals surface area contributed by atoms with Gasteiger partial charge in [-0.3, -0.25) is 4.79 Å². The number of aromatic nitrogens is 2. The van der Waals surface area contributed by atoms with E-state index in [-0.39, 0.29) is 42.4 Å². The first-order valence-corrected chi connectivity index (χ1v) is 10.6. The number of rotatable bonds is 2. The zero-order valence-corrected chi connectivity index (χ0v) is 15.5. The molecule has 4 rings (SSSR count). The van der Waals surface area contributed by atoms with Gasteiger partial charge in [-0.2, -0.15) is 5.10 Å². The number of fused-ring (bicyclic) bond motifs is 1. The van der Waals surface area contributed by atoms with Crippen molar-refractivity contribution in [2.75, 3.05) is 25.4 Å². The molecule has 1 amide bonds. The highest BCUT2D eigenvalue weighted by Gasteiger charge is 2.35. The van der Waals surface area contributed by atoms with Gasteiger partial charge in [0.1, 0.15) is 5.82 Å². The highest BCUT2D eigenvalue weighted by molar-refractivity contribution is 7.91. The van der Waals surface area contributed by atoms with Crippen LogP contribution in [0.3, 0.4) is 0 Å². The molecule has 27 heavy (non-hydrogen) atoms. The third-order valence-electron chi connectivity index (χ3n) is 5.01. The fraction of sp³-hybridized carbons (Fsp3) is 0.444. The number of nitrogens with zero attached hydrogens (tertiary/aromatic N) is 3. The maximum atomic E-state index is 14.1. The monoisotopic (exact) mass is 393 g/mol. The van der Waals surface area contributed by atoms with Crippen molar-refractivity contribution in [1.29, 1.82) is 0 Å². The lowest BCUT2D eigenvalue weighted by molar-refractivity contribution is 0.0759. The predicted octanol–water partition coefficient (Wildman–Crippen LogP) is 1.81. The third kappa shape index (κ3) is 3.43. The van der Waals surface area contributed by atoms with Gasteiger partial charge in [-0.15, -0.1) is 0 Å². The van der Waals surface area contributed by atoms with Crippen LogP contribution in [0.2, 0.25) is 0 Å². The molecule has 0 saturated carbocycles. The first-order valence-electron chi connectivity index (χ1n) is 8.91. The predicted molar refractivity (Wildman–Crippen MR) is 95.8 cm³/mol. The fourth-order valence-electron chi connectivity index (χ4n) is 3.57. The van der Waals surface area contributed by atoms with Crippen LogP contribution in [-0.2, 0) is 16.4 Å². The molecule has 2 aromatic rings. The average molecular weight is 393 g/mol. The molecule has 1 unspecified atom stereocenters. The van der Waals surface area contributed by atoms with E-state index in [4.69, 9.17) is 4.74 Å². The number of carbonyl (C=O) groups excluding carboxylic acids is 1. The van der Waals surface area contributed by atoms with Gasteiger partial charge < -0.3 is 9.64 Å². The van der Waals surface area contributed by atoms with E-state index >= 15 is 0 Å². The number of hydrogen-bond donors (Lipinski definition) is 0. The second-order valence-electron chi connectivity index (χ2n) is 6.75. The summed E-state index contributed by atoms with van der Waals surface area (Å²) in [4.78, 5) is 14.3. The lowest BCUT2D eigenvalue weighted by atomic mass is 10.1. The van der Waals surface area contributed by atoms with E-state index in [9.17, 15) is 17.6 Å². The maximum Gasteiger partial charge on any atom is 0.274 e. The molecule has 144 valence electrons. The number of benzene rings is 1. The molecule has 9 heteroatoms. The van der Waals surface area contributed by atoms with Gasteiger partial charge in [-0.1, -0.05) is 18.2 Å². The number of carbonyl (C=O) groups is 1. The molecule has 0 N–H and O–H groups in total. The summed E-state index contributed by atoms with van der Waals surface area (Å²) in [5, 5.41) is 3.33. The normalized spacial score (nSPS) is 21.8. The van der Waals surface area contributed by atoms with Gasteiger partial charge in [-0.25, -0.2) is 17.5 Å². The molecular formula is C18H20FN3O4S. The standard InChI is InChI=1S/C18H20FN3O4S/c19-14-5-2-1-4-13(14)16-6-8-21(9-11-27(16,24)25)18(23)15-12-17-22(20-15)7-3-10-26-17/h1-2,4-5,12,16H,3,6-11H2. The van der Waals surface area contributed by atoms with Crippen LogP contribution in [0.5, 0.6) is 5.88 Å². The van der Waals surface area contributed by atoms with Gasteiger partial charge in [-0.05, 0) is 12.5 Å². The number of aryl methyl sites for hydroxylation is 1. The Bertz CT molecular complexity index is 949. The Labute approximate surface area is 156 Å². The van der Waals surface area contributed by atoms with E-state index in [1.807, 2.05) is 0 Å². The van der Waals surface area contributed by atoms with Gasteiger partial charge in [0.05, 0.1) is 17.6 Å². The number of hydrogen-bond acceptors (Lipinski definition) is 5. The Morgan fingerprint density at radius 2 is 2.04 bits per heavy atom. The zero-order valence-electron chi connectivity index (χ0n) is 14.7. The average Bonchev–Trinajstić information content (AvgIpc) is 3.02. The molecule has 1 fully saturated rings. The molecule has 0 aliphatic carbocycles. The van der Waals surface area contributed by atoms with Crippen molar-refractivity contribution < 1.29 is 22.3 Å². The molecule has 0 spiro atoms. The Morgan fingerprint density at radius 3 is 2.81 bits per heavy atom. The second-order valence-corrected chi connectivity index (χ2v) is 9.05. The van der Waals surface area contributed by atoms with E-state index in [0.29, 0.717) is 19.0 Å². The van der Waals surface area contributed by atoms with Crippen LogP contribution in [0.4, 0.5) is 4.39 Å². The Kier molecular flexibility index (Phi) is 4.63. The highest BCUT2D eigenvalue weighted by atomic mass is 32.2. The summed E-state index contributed by atoms with van der Waals surface area (Å²) in [6.07, 6.45) is 0.980. The summed E-state index contributed by atoms with van der Waals surface area (Å²) >= 11 is 0. The quantitative estimate of drug-likeness (QED) is 0.777. The molecule has 1 atom stereocenters. The van der Waals surface area contributed by atoms with Gasteiger partial charge in [0, 0.05) is 37.7 Å². The minimum atomic E-state index is -3.57. The van der Waals surface area contributed by atoms with Crippen molar-refractivity contribution in [2.45, 2.75) is 24.6 Å². The minimum absolute atomic E-state index is 0.0647. The molecule has 3 heterocycles. The van der Waals surface area contributed by atoms with Gasteiger partial charge in [0.15, 0.2) is 15.5 Å². The molecule has 0 bridgehead atoms. The summed E-state index contributed by atoms with van der Waals surface area (Å²) < 4.78 is 46.6. The number of ether oxygens (including phenoxy) is 1. The van der Waals surface area contributed by atoms with Crippen LogP contribution >= 0.6 is 0 Å². The van der Waals surface area contributed by atoms with Crippen molar-refractivity contribution in [2.24, 2.45) is 0 Å². The van der Waals surface area contributed by atoms with Crippen LogP contribution < -0.4 is 4.74 Å². The van der Waals surface area contributed by atoms with E-state index < -0.39 is 20.9 Å². The molecule has 2 aliphatic rings. The summed E-state index contributed by atoms with van der Waals surface area (Å²) in [6.45, 7) is 1.56. The van der Waals surface area contributed by atoms with Crippen LogP contribution in [0, 0.1) is 5.82 Å².